The number of hydrogen-bond acceptors (Lipinski definition) is 3. The number of carbonyl (C=O) groups excluding carboxylic acids is 1. The second-order valence-corrected chi connectivity index (χ2v) is 5.72. The molecule has 1 fully saturated rings. The maximum Gasteiger partial charge on any atom is 0.411 e. The van der Waals surface area contributed by atoms with E-state index in [4.69, 9.17) is 9.84 Å². The van der Waals surface area contributed by atoms with Crippen molar-refractivity contribution >= 4 is 12.1 Å². The fraction of sp³-hybridized carbons (Fsp3) is 0.833. The third-order valence-corrected chi connectivity index (χ3v) is 2.84. The Morgan fingerprint density at radius 1 is 1.39 bits per heavy atom. The number of hydrogen-bond donors (Lipinski definition) is 1. The number of amides is 1. The highest BCUT2D eigenvalue weighted by molar-refractivity contribution is 5.80. The molecule has 18 heavy (non-hydrogen) atoms. The Balaban J connectivity index is 2.82. The molecule has 0 aromatic carbocycles. The topological polar surface area (TPSA) is 66.8 Å². The van der Waals surface area contributed by atoms with Crippen LogP contribution < -0.4 is 0 Å². The van der Waals surface area contributed by atoms with Crippen LogP contribution in [0.15, 0.2) is 0 Å². The minimum absolute atomic E-state index is 0.0625. The molecule has 0 aromatic rings. The van der Waals surface area contributed by atoms with Gasteiger partial charge in [0.1, 0.15) is 17.8 Å². The van der Waals surface area contributed by atoms with Crippen LogP contribution in [0.2, 0.25) is 0 Å². The molecule has 1 saturated heterocycles. The maximum absolute atomic E-state index is 13.5. The molecule has 1 amide bonds. The van der Waals surface area contributed by atoms with Crippen molar-refractivity contribution in [2.45, 2.75) is 51.9 Å². The predicted octanol–water partition coefficient (Wildman–Crippen LogP) is 2.05. The number of rotatable bonds is 1. The van der Waals surface area contributed by atoms with E-state index in [1.54, 1.807) is 27.7 Å². The average molecular weight is 261 g/mol. The summed E-state index contributed by atoms with van der Waals surface area (Å²) in [7, 11) is 0. The highest BCUT2D eigenvalue weighted by Crippen LogP contribution is 2.26. The minimum atomic E-state index is -1.20. The molecule has 1 N–H and O–H groups in total. The van der Waals surface area contributed by atoms with Gasteiger partial charge in [-0.05, 0) is 20.8 Å². The lowest BCUT2D eigenvalue weighted by Crippen LogP contribution is -2.54. The third-order valence-electron chi connectivity index (χ3n) is 2.84. The molecule has 1 rings (SSSR count). The zero-order chi connectivity index (χ0) is 14.1. The van der Waals surface area contributed by atoms with Crippen LogP contribution in [-0.2, 0) is 9.53 Å². The van der Waals surface area contributed by atoms with E-state index in [9.17, 15) is 14.0 Å². The molecule has 0 aromatic heterocycles. The van der Waals surface area contributed by atoms with Gasteiger partial charge < -0.3 is 9.84 Å². The van der Waals surface area contributed by atoms with E-state index in [-0.39, 0.29) is 18.9 Å². The first-order chi connectivity index (χ1) is 8.11. The fourth-order valence-corrected chi connectivity index (χ4v) is 1.88. The summed E-state index contributed by atoms with van der Waals surface area (Å²) in [4.78, 5) is 24.1. The van der Waals surface area contributed by atoms with Crippen LogP contribution in [0.1, 0.15) is 34.1 Å². The van der Waals surface area contributed by atoms with Gasteiger partial charge in [0.05, 0.1) is 0 Å². The fourth-order valence-electron chi connectivity index (χ4n) is 1.88. The first-order valence-corrected chi connectivity index (χ1v) is 5.98. The van der Waals surface area contributed by atoms with Crippen molar-refractivity contribution in [3.8, 4) is 0 Å². The molecule has 0 aliphatic carbocycles. The minimum Gasteiger partial charge on any atom is -0.480 e. The largest absolute Gasteiger partial charge is 0.480 e. The Kier molecular flexibility index (Phi) is 4.19. The summed E-state index contributed by atoms with van der Waals surface area (Å²) in [5.41, 5.74) is -0.698. The van der Waals surface area contributed by atoms with E-state index in [2.05, 4.69) is 0 Å². The summed E-state index contributed by atoms with van der Waals surface area (Å²) < 4.78 is 18.7. The van der Waals surface area contributed by atoms with Gasteiger partial charge in [-0.15, -0.1) is 0 Å². The highest BCUT2D eigenvalue weighted by atomic mass is 19.1. The van der Waals surface area contributed by atoms with Crippen molar-refractivity contribution in [1.82, 2.24) is 4.90 Å². The van der Waals surface area contributed by atoms with Crippen LogP contribution in [0, 0.1) is 5.92 Å². The van der Waals surface area contributed by atoms with Gasteiger partial charge in [0.25, 0.3) is 0 Å². The summed E-state index contributed by atoms with van der Waals surface area (Å²) in [6, 6.07) is -1.15. The quantitative estimate of drug-likeness (QED) is 0.784. The predicted molar refractivity (Wildman–Crippen MR) is 63.0 cm³/mol. The van der Waals surface area contributed by atoms with Gasteiger partial charge in [0.2, 0.25) is 0 Å². The molecule has 0 radical (unpaired) electrons. The number of nitrogens with zero attached hydrogens (tertiary/aromatic N) is 1. The number of carbonyl (C=O) groups is 2. The van der Waals surface area contributed by atoms with Crippen LogP contribution in [0.4, 0.5) is 9.18 Å². The Hall–Kier alpha value is -1.33. The van der Waals surface area contributed by atoms with Crippen LogP contribution >= 0.6 is 0 Å². The SMILES string of the molecule is CC1CN(C(=O)OC(C)(C)C)[C@@H](C(=O)O)C[C@H]1F. The number of alkyl halides is 1. The van der Waals surface area contributed by atoms with E-state index >= 15 is 0 Å². The maximum atomic E-state index is 13.5. The molecule has 0 bridgehead atoms. The first-order valence-electron chi connectivity index (χ1n) is 5.98. The van der Waals surface area contributed by atoms with E-state index in [1.807, 2.05) is 0 Å². The Morgan fingerprint density at radius 3 is 2.39 bits per heavy atom. The summed E-state index contributed by atoms with van der Waals surface area (Å²) in [6.45, 7) is 6.82. The second kappa shape index (κ2) is 5.12. The van der Waals surface area contributed by atoms with Gasteiger partial charge >= 0.3 is 12.1 Å². The van der Waals surface area contributed by atoms with Gasteiger partial charge in [-0.25, -0.2) is 14.0 Å². The molecule has 104 valence electrons. The van der Waals surface area contributed by atoms with Crippen LogP contribution in [0.5, 0.6) is 0 Å². The number of aliphatic carboxylic acids is 1. The van der Waals surface area contributed by atoms with Crippen LogP contribution in [-0.4, -0.2) is 46.4 Å². The Morgan fingerprint density at radius 2 is 1.94 bits per heavy atom. The first kappa shape index (κ1) is 14.7. The molecule has 1 heterocycles. The van der Waals surface area contributed by atoms with E-state index in [0.717, 1.165) is 4.90 Å². The number of carboxylic acid groups (broad SMARTS) is 1. The molecule has 1 unspecified atom stereocenters. The van der Waals surface area contributed by atoms with Gasteiger partial charge in [0.15, 0.2) is 0 Å². The average Bonchev–Trinajstić information content (AvgIpc) is 2.18. The van der Waals surface area contributed by atoms with Crippen molar-refractivity contribution in [3.63, 3.8) is 0 Å². The number of halogens is 1. The molecular formula is C12H20FNO4. The Bertz CT molecular complexity index is 339. The number of piperidine rings is 1. The molecule has 6 heteroatoms. The standard InChI is InChI=1S/C12H20FNO4/c1-7-6-14(11(17)18-12(2,3)4)9(10(15)16)5-8(7)13/h7-9H,5-6H2,1-4H3,(H,15,16)/t7?,8-,9-/m1/s1. The highest BCUT2D eigenvalue weighted by Gasteiger charge is 2.41. The van der Waals surface area contributed by atoms with Crippen molar-refractivity contribution in [2.75, 3.05) is 6.54 Å². The van der Waals surface area contributed by atoms with Gasteiger partial charge in [0, 0.05) is 18.9 Å². The molecule has 3 atom stereocenters. The molecular weight excluding hydrogens is 241 g/mol. The third kappa shape index (κ3) is 3.58. The number of ether oxygens (including phenoxy) is 1. The van der Waals surface area contributed by atoms with Crippen molar-refractivity contribution in [1.29, 1.82) is 0 Å². The summed E-state index contributed by atoms with van der Waals surface area (Å²) >= 11 is 0. The van der Waals surface area contributed by atoms with Crippen LogP contribution in [0.25, 0.3) is 0 Å². The number of carboxylic acids is 1. The summed E-state index contributed by atoms with van der Waals surface area (Å²) in [6.07, 6.45) is -2.09. The lowest BCUT2D eigenvalue weighted by atomic mass is 9.92. The van der Waals surface area contributed by atoms with Crippen molar-refractivity contribution < 1.29 is 23.8 Å². The normalized spacial score (nSPS) is 28.9. The molecule has 1 aliphatic heterocycles. The smallest absolute Gasteiger partial charge is 0.411 e. The second-order valence-electron chi connectivity index (χ2n) is 5.72. The van der Waals surface area contributed by atoms with Gasteiger partial charge in [-0.1, -0.05) is 6.92 Å². The van der Waals surface area contributed by atoms with Crippen molar-refractivity contribution in [2.24, 2.45) is 5.92 Å². The molecule has 0 saturated carbocycles. The van der Waals surface area contributed by atoms with Gasteiger partial charge in [-0.2, -0.15) is 0 Å². The zero-order valence-electron chi connectivity index (χ0n) is 11.1. The Labute approximate surface area is 106 Å². The van der Waals surface area contributed by atoms with E-state index in [1.165, 1.54) is 0 Å². The monoisotopic (exact) mass is 261 g/mol. The van der Waals surface area contributed by atoms with Crippen LogP contribution in [0.3, 0.4) is 0 Å². The van der Waals surface area contributed by atoms with E-state index < -0.39 is 29.9 Å². The lowest BCUT2D eigenvalue weighted by Gasteiger charge is -2.38. The van der Waals surface area contributed by atoms with Crippen molar-refractivity contribution in [3.05, 3.63) is 0 Å². The number of likely N-dealkylation sites (tertiary alicyclic amines) is 1. The molecule has 1 aliphatic rings. The van der Waals surface area contributed by atoms with Gasteiger partial charge in [-0.3, -0.25) is 4.90 Å². The molecule has 0 spiro atoms. The lowest BCUT2D eigenvalue weighted by molar-refractivity contribution is -0.146. The molecule has 5 nitrogen and oxygen atoms in total. The van der Waals surface area contributed by atoms with E-state index in [0.29, 0.717) is 0 Å². The zero-order valence-corrected chi connectivity index (χ0v) is 11.1. The summed E-state index contributed by atoms with van der Waals surface area (Å²) in [5.74, 6) is -1.58. The summed E-state index contributed by atoms with van der Waals surface area (Å²) in [5, 5.41) is 9.04.